The molecule has 0 spiro atoms. The number of nitrogens with one attached hydrogen (secondary N) is 1. The van der Waals surface area contributed by atoms with Crippen LogP contribution in [0.15, 0.2) is 24.3 Å². The summed E-state index contributed by atoms with van der Waals surface area (Å²) in [4.78, 5) is 25.2. The third-order valence-electron chi connectivity index (χ3n) is 4.22. The molecule has 0 radical (unpaired) electrons. The van der Waals surface area contributed by atoms with Crippen LogP contribution in [0.1, 0.15) is 58.1 Å². The number of Topliss-reactive ketones (excluding diaryl/α,β-unsaturated/α-hetero) is 1. The number of amides is 1. The van der Waals surface area contributed by atoms with Gasteiger partial charge >= 0.3 is 6.09 Å². The number of aryl methyl sites for hydroxylation is 1. The molecule has 0 saturated heterocycles. The van der Waals surface area contributed by atoms with Gasteiger partial charge in [-0.2, -0.15) is 0 Å². The van der Waals surface area contributed by atoms with Crippen LogP contribution < -0.4 is 5.32 Å². The van der Waals surface area contributed by atoms with Crippen LogP contribution in [0.4, 0.5) is 4.79 Å². The Morgan fingerprint density at radius 1 is 1.35 bits per heavy atom. The van der Waals surface area contributed by atoms with E-state index < -0.39 is 17.2 Å². The van der Waals surface area contributed by atoms with Crippen molar-refractivity contribution in [2.24, 2.45) is 5.92 Å². The summed E-state index contributed by atoms with van der Waals surface area (Å²) in [6.07, 6.45) is 1.41. The highest BCUT2D eigenvalue weighted by atomic mass is 16.6. The number of rotatable bonds is 2. The maximum absolute atomic E-state index is 12.8. The zero-order valence-corrected chi connectivity index (χ0v) is 14.7. The molecule has 2 atom stereocenters. The van der Waals surface area contributed by atoms with Crippen LogP contribution in [0.25, 0.3) is 0 Å². The normalized spacial score (nSPS) is 25.1. The van der Waals surface area contributed by atoms with Crippen molar-refractivity contribution in [3.8, 4) is 0 Å². The topological polar surface area (TPSA) is 55.4 Å². The molecule has 1 aromatic carbocycles. The van der Waals surface area contributed by atoms with Crippen molar-refractivity contribution in [3.63, 3.8) is 0 Å². The third-order valence-corrected chi connectivity index (χ3v) is 4.22. The fourth-order valence-electron chi connectivity index (χ4n) is 3.19. The molecule has 2 rings (SSSR count). The van der Waals surface area contributed by atoms with E-state index >= 15 is 0 Å². The van der Waals surface area contributed by atoms with E-state index in [-0.39, 0.29) is 5.78 Å². The molecule has 1 amide bonds. The van der Waals surface area contributed by atoms with Gasteiger partial charge in [-0.3, -0.25) is 4.79 Å². The summed E-state index contributed by atoms with van der Waals surface area (Å²) < 4.78 is 5.40. The minimum atomic E-state index is -0.980. The van der Waals surface area contributed by atoms with Crippen molar-refractivity contribution < 1.29 is 14.3 Å². The molecule has 0 bridgehead atoms. The molecule has 1 fully saturated rings. The molecule has 0 aromatic heterocycles. The van der Waals surface area contributed by atoms with Crippen LogP contribution >= 0.6 is 0 Å². The Morgan fingerprint density at radius 2 is 2.04 bits per heavy atom. The first-order valence-electron chi connectivity index (χ1n) is 8.24. The first kappa shape index (κ1) is 17.5. The standard InChI is InChI=1S/C19H27NO3/c1-13-7-6-8-15(11-13)19(12-14(2)9-10-16(19)21)20-17(22)23-18(3,4)5/h6-8,11,14H,9-10,12H2,1-5H3,(H,20,22). The second kappa shape index (κ2) is 6.34. The molecule has 4 heteroatoms. The number of carbonyl (C=O) groups excluding carboxylic acids is 2. The Balaban J connectivity index is 2.39. The van der Waals surface area contributed by atoms with E-state index in [0.29, 0.717) is 18.8 Å². The summed E-state index contributed by atoms with van der Waals surface area (Å²) in [5.41, 5.74) is 0.339. The Bertz CT molecular complexity index is 603. The smallest absolute Gasteiger partial charge is 0.408 e. The molecule has 1 N–H and O–H groups in total. The number of ether oxygens (including phenoxy) is 1. The molecular weight excluding hydrogens is 290 g/mol. The molecule has 1 saturated carbocycles. The van der Waals surface area contributed by atoms with Gasteiger partial charge < -0.3 is 10.1 Å². The summed E-state index contributed by atoms with van der Waals surface area (Å²) in [6.45, 7) is 9.56. The quantitative estimate of drug-likeness (QED) is 0.893. The molecular formula is C19H27NO3. The van der Waals surface area contributed by atoms with E-state index in [0.717, 1.165) is 17.5 Å². The summed E-state index contributed by atoms with van der Waals surface area (Å²) in [7, 11) is 0. The fourth-order valence-corrected chi connectivity index (χ4v) is 3.19. The fraction of sp³-hybridized carbons (Fsp3) is 0.579. The van der Waals surface area contributed by atoms with Crippen LogP contribution in [-0.2, 0) is 15.1 Å². The van der Waals surface area contributed by atoms with E-state index in [1.54, 1.807) is 0 Å². The van der Waals surface area contributed by atoms with Crippen molar-refractivity contribution in [2.45, 2.75) is 65.0 Å². The van der Waals surface area contributed by atoms with Crippen molar-refractivity contribution in [3.05, 3.63) is 35.4 Å². The van der Waals surface area contributed by atoms with Crippen LogP contribution in [-0.4, -0.2) is 17.5 Å². The summed E-state index contributed by atoms with van der Waals surface area (Å²) in [5, 5.41) is 2.90. The van der Waals surface area contributed by atoms with Crippen LogP contribution in [0.5, 0.6) is 0 Å². The lowest BCUT2D eigenvalue weighted by Crippen LogP contribution is -2.55. The molecule has 0 heterocycles. The van der Waals surface area contributed by atoms with Crippen LogP contribution in [0, 0.1) is 12.8 Å². The predicted octanol–water partition coefficient (Wildman–Crippen LogP) is 4.10. The monoisotopic (exact) mass is 317 g/mol. The lowest BCUT2D eigenvalue weighted by Gasteiger charge is -2.40. The second-order valence-corrected chi connectivity index (χ2v) is 7.67. The molecule has 0 aliphatic heterocycles. The summed E-state index contributed by atoms with van der Waals surface area (Å²) in [5.74, 6) is 0.426. The average Bonchev–Trinajstić information content (AvgIpc) is 2.40. The van der Waals surface area contributed by atoms with Gasteiger partial charge in [-0.05, 0) is 52.0 Å². The molecule has 4 nitrogen and oxygen atoms in total. The number of hydrogen-bond donors (Lipinski definition) is 1. The van der Waals surface area contributed by atoms with Gasteiger partial charge in [0, 0.05) is 6.42 Å². The van der Waals surface area contributed by atoms with E-state index in [4.69, 9.17) is 4.74 Å². The summed E-state index contributed by atoms with van der Waals surface area (Å²) >= 11 is 0. The highest BCUT2D eigenvalue weighted by Gasteiger charge is 2.45. The lowest BCUT2D eigenvalue weighted by molar-refractivity contribution is -0.129. The molecule has 1 aromatic rings. The van der Waals surface area contributed by atoms with Crippen LogP contribution in [0.3, 0.4) is 0 Å². The van der Waals surface area contributed by atoms with Crippen molar-refractivity contribution in [1.82, 2.24) is 5.32 Å². The highest BCUT2D eigenvalue weighted by molar-refractivity contribution is 5.93. The summed E-state index contributed by atoms with van der Waals surface area (Å²) in [6, 6.07) is 7.81. The maximum atomic E-state index is 12.8. The molecule has 23 heavy (non-hydrogen) atoms. The number of carbonyl (C=O) groups is 2. The van der Waals surface area contributed by atoms with Gasteiger partial charge in [0.2, 0.25) is 0 Å². The van der Waals surface area contributed by atoms with Gasteiger partial charge in [0.25, 0.3) is 0 Å². The van der Waals surface area contributed by atoms with Gasteiger partial charge in [-0.25, -0.2) is 4.79 Å². The van der Waals surface area contributed by atoms with E-state index in [1.165, 1.54) is 0 Å². The van der Waals surface area contributed by atoms with Crippen molar-refractivity contribution >= 4 is 11.9 Å². The number of hydrogen-bond acceptors (Lipinski definition) is 3. The number of alkyl carbamates (subject to hydrolysis) is 1. The maximum Gasteiger partial charge on any atom is 0.408 e. The largest absolute Gasteiger partial charge is 0.444 e. The highest BCUT2D eigenvalue weighted by Crippen LogP contribution is 2.38. The minimum absolute atomic E-state index is 0.0621. The Hall–Kier alpha value is -1.84. The molecule has 126 valence electrons. The zero-order chi connectivity index (χ0) is 17.3. The number of benzene rings is 1. The minimum Gasteiger partial charge on any atom is -0.444 e. The predicted molar refractivity (Wildman–Crippen MR) is 90.2 cm³/mol. The van der Waals surface area contributed by atoms with Gasteiger partial charge in [-0.15, -0.1) is 0 Å². The Kier molecular flexibility index (Phi) is 4.83. The van der Waals surface area contributed by atoms with E-state index in [1.807, 2.05) is 52.0 Å². The van der Waals surface area contributed by atoms with Crippen LogP contribution in [0.2, 0.25) is 0 Å². The Labute approximate surface area is 138 Å². The first-order valence-corrected chi connectivity index (χ1v) is 8.24. The second-order valence-electron chi connectivity index (χ2n) is 7.67. The Morgan fingerprint density at radius 3 is 2.65 bits per heavy atom. The SMILES string of the molecule is Cc1cccc(C2(NC(=O)OC(C)(C)C)CC(C)CCC2=O)c1. The lowest BCUT2D eigenvalue weighted by atomic mass is 9.71. The van der Waals surface area contributed by atoms with Gasteiger partial charge in [0.05, 0.1) is 0 Å². The number of ketones is 1. The van der Waals surface area contributed by atoms with Gasteiger partial charge in [-0.1, -0.05) is 36.8 Å². The average molecular weight is 317 g/mol. The molecule has 2 unspecified atom stereocenters. The first-order chi connectivity index (χ1) is 10.6. The zero-order valence-electron chi connectivity index (χ0n) is 14.7. The van der Waals surface area contributed by atoms with Gasteiger partial charge in [0.1, 0.15) is 11.1 Å². The van der Waals surface area contributed by atoms with E-state index in [2.05, 4.69) is 12.2 Å². The van der Waals surface area contributed by atoms with Gasteiger partial charge in [0.15, 0.2) is 5.78 Å². The van der Waals surface area contributed by atoms with E-state index in [9.17, 15) is 9.59 Å². The van der Waals surface area contributed by atoms with Crippen molar-refractivity contribution in [2.75, 3.05) is 0 Å². The molecule has 1 aliphatic rings. The third kappa shape index (κ3) is 4.12. The molecule has 1 aliphatic carbocycles. The van der Waals surface area contributed by atoms with Crippen molar-refractivity contribution in [1.29, 1.82) is 0 Å².